The third kappa shape index (κ3) is 2.35. The number of carboxylic acid groups (broad SMARTS) is 1. The van der Waals surface area contributed by atoms with Crippen molar-refractivity contribution in [3.8, 4) is 0 Å². The molecule has 0 bridgehead atoms. The van der Waals surface area contributed by atoms with Gasteiger partial charge in [0.25, 0.3) is 0 Å². The molecule has 51 valence electrons. The lowest BCUT2D eigenvalue weighted by Crippen LogP contribution is -2.12. The van der Waals surface area contributed by atoms with Crippen LogP contribution in [0.15, 0.2) is 0 Å². The molecule has 2 nitrogen and oxygen atoms in total. The largest absolute Gasteiger partial charge is 0.480 e. The molecule has 0 aliphatic heterocycles. The van der Waals surface area contributed by atoms with E-state index in [1.807, 2.05) is 0 Å². The summed E-state index contributed by atoms with van der Waals surface area (Å²) in [7, 11) is 0. The highest BCUT2D eigenvalue weighted by Crippen LogP contribution is 2.37. The van der Waals surface area contributed by atoms with E-state index < -0.39 is 5.97 Å². The second-order valence-corrected chi connectivity index (χ2v) is 3.37. The first kappa shape index (κ1) is 7.06. The number of rotatable bonds is 3. The number of carbonyl (C=O) groups is 1. The third-order valence-corrected chi connectivity index (χ3v) is 2.05. The van der Waals surface area contributed by atoms with E-state index in [-0.39, 0.29) is 4.83 Å². The molecule has 0 aromatic heterocycles. The summed E-state index contributed by atoms with van der Waals surface area (Å²) in [6.45, 7) is 0. The maximum absolute atomic E-state index is 10.2. The predicted octanol–water partition coefficient (Wildman–Crippen LogP) is 1.59. The summed E-state index contributed by atoms with van der Waals surface area (Å²) in [5.41, 5.74) is 0. The SMILES string of the molecule is O=C(O)C(Br)C[C]1CC1. The molecule has 1 unspecified atom stereocenters. The van der Waals surface area contributed by atoms with E-state index in [9.17, 15) is 4.79 Å². The van der Waals surface area contributed by atoms with Crippen molar-refractivity contribution in [3.05, 3.63) is 5.92 Å². The van der Waals surface area contributed by atoms with Gasteiger partial charge in [0.05, 0.1) is 0 Å². The van der Waals surface area contributed by atoms with Crippen LogP contribution in [-0.2, 0) is 4.79 Å². The average Bonchev–Trinajstić information content (AvgIpc) is 2.50. The maximum atomic E-state index is 10.2. The molecule has 1 rings (SSSR count). The number of hydrogen-bond donors (Lipinski definition) is 1. The van der Waals surface area contributed by atoms with Gasteiger partial charge in [0.15, 0.2) is 0 Å². The number of aliphatic carboxylic acids is 1. The standard InChI is InChI=1S/C6H8BrO2/c7-5(6(8)9)3-4-1-2-4/h5H,1-3H2,(H,8,9). The summed E-state index contributed by atoms with van der Waals surface area (Å²) in [5.74, 6) is 0.619. The molecule has 1 radical (unpaired) electrons. The van der Waals surface area contributed by atoms with Gasteiger partial charge in [-0.15, -0.1) is 0 Å². The highest BCUT2D eigenvalue weighted by Gasteiger charge is 2.27. The first-order chi connectivity index (χ1) is 4.20. The fourth-order valence-electron chi connectivity index (χ4n) is 0.633. The monoisotopic (exact) mass is 191 g/mol. The van der Waals surface area contributed by atoms with Crippen LogP contribution < -0.4 is 0 Å². The Bertz CT molecular complexity index is 120. The highest BCUT2D eigenvalue weighted by molar-refractivity contribution is 9.10. The molecule has 0 saturated heterocycles. The van der Waals surface area contributed by atoms with Crippen molar-refractivity contribution in [1.82, 2.24) is 0 Å². The Hall–Kier alpha value is -0.0500. The first-order valence-corrected chi connectivity index (χ1v) is 3.82. The molecule has 9 heavy (non-hydrogen) atoms. The molecule has 1 N–H and O–H groups in total. The van der Waals surface area contributed by atoms with E-state index in [2.05, 4.69) is 15.9 Å². The minimum atomic E-state index is -0.755. The van der Waals surface area contributed by atoms with Crippen LogP contribution in [0, 0.1) is 5.92 Å². The zero-order chi connectivity index (χ0) is 6.85. The summed E-state index contributed by atoms with van der Waals surface area (Å²) in [5, 5.41) is 8.40. The minimum absolute atomic E-state index is 0.352. The normalized spacial score (nSPS) is 21.4. The van der Waals surface area contributed by atoms with E-state index >= 15 is 0 Å². The lowest BCUT2D eigenvalue weighted by molar-refractivity contribution is -0.136. The Morgan fingerprint density at radius 1 is 1.78 bits per heavy atom. The molecule has 0 heterocycles. The Kier molecular flexibility index (Phi) is 2.11. The van der Waals surface area contributed by atoms with Gasteiger partial charge in [0, 0.05) is 0 Å². The van der Waals surface area contributed by atoms with Gasteiger partial charge in [-0.2, -0.15) is 0 Å². The van der Waals surface area contributed by atoms with Crippen molar-refractivity contribution in [3.63, 3.8) is 0 Å². The molecule has 1 fully saturated rings. The molecule has 1 aliphatic carbocycles. The van der Waals surface area contributed by atoms with Crippen molar-refractivity contribution in [2.75, 3.05) is 0 Å². The zero-order valence-electron chi connectivity index (χ0n) is 4.93. The summed E-state index contributed by atoms with van der Waals surface area (Å²) in [6.07, 6.45) is 2.99. The Labute approximate surface area is 62.4 Å². The molecule has 0 aromatic carbocycles. The lowest BCUT2D eigenvalue weighted by atomic mass is 10.2. The Morgan fingerprint density at radius 2 is 2.33 bits per heavy atom. The van der Waals surface area contributed by atoms with E-state index in [1.165, 1.54) is 5.92 Å². The van der Waals surface area contributed by atoms with Gasteiger partial charge < -0.3 is 5.11 Å². The van der Waals surface area contributed by atoms with Crippen molar-refractivity contribution in [2.24, 2.45) is 0 Å². The molecular formula is C6H8BrO2. The van der Waals surface area contributed by atoms with Crippen LogP contribution in [0.3, 0.4) is 0 Å². The molecule has 0 aromatic rings. The van der Waals surface area contributed by atoms with Gasteiger partial charge in [0.2, 0.25) is 0 Å². The summed E-state index contributed by atoms with van der Waals surface area (Å²) in [6, 6.07) is 0. The fraction of sp³-hybridized carbons (Fsp3) is 0.667. The first-order valence-electron chi connectivity index (χ1n) is 2.90. The summed E-state index contributed by atoms with van der Waals surface area (Å²) in [4.78, 5) is 9.85. The van der Waals surface area contributed by atoms with Crippen molar-refractivity contribution in [1.29, 1.82) is 0 Å². The summed E-state index contributed by atoms with van der Waals surface area (Å²) < 4.78 is 0. The second kappa shape index (κ2) is 2.69. The molecule has 3 heteroatoms. The minimum Gasteiger partial charge on any atom is -0.480 e. The fourth-order valence-corrected chi connectivity index (χ4v) is 1.09. The van der Waals surface area contributed by atoms with E-state index in [0.29, 0.717) is 0 Å². The quantitative estimate of drug-likeness (QED) is 0.689. The smallest absolute Gasteiger partial charge is 0.317 e. The molecule has 0 spiro atoms. The average molecular weight is 192 g/mol. The number of hydrogen-bond acceptors (Lipinski definition) is 1. The lowest BCUT2D eigenvalue weighted by Gasteiger charge is -1.99. The van der Waals surface area contributed by atoms with Crippen LogP contribution in [-0.4, -0.2) is 15.9 Å². The van der Waals surface area contributed by atoms with E-state index in [1.54, 1.807) is 0 Å². The van der Waals surface area contributed by atoms with Gasteiger partial charge in [-0.1, -0.05) is 15.9 Å². The van der Waals surface area contributed by atoms with Gasteiger partial charge in [-0.05, 0) is 25.2 Å². The topological polar surface area (TPSA) is 37.3 Å². The van der Waals surface area contributed by atoms with E-state index in [4.69, 9.17) is 5.11 Å². The predicted molar refractivity (Wildman–Crippen MR) is 37.4 cm³/mol. The van der Waals surface area contributed by atoms with Gasteiger partial charge in [-0.3, -0.25) is 4.79 Å². The van der Waals surface area contributed by atoms with Gasteiger partial charge >= 0.3 is 5.97 Å². The zero-order valence-corrected chi connectivity index (χ0v) is 6.52. The van der Waals surface area contributed by atoms with Crippen LogP contribution >= 0.6 is 15.9 Å². The number of halogens is 1. The summed E-state index contributed by atoms with van der Waals surface area (Å²) >= 11 is 3.06. The Balaban J connectivity index is 2.16. The molecule has 1 saturated carbocycles. The van der Waals surface area contributed by atoms with Crippen LogP contribution in [0.1, 0.15) is 19.3 Å². The van der Waals surface area contributed by atoms with Crippen molar-refractivity contribution < 1.29 is 9.90 Å². The van der Waals surface area contributed by atoms with Gasteiger partial charge in [0.1, 0.15) is 4.83 Å². The molecule has 0 amide bonds. The van der Waals surface area contributed by atoms with Crippen LogP contribution in [0.2, 0.25) is 0 Å². The maximum Gasteiger partial charge on any atom is 0.317 e. The number of carboxylic acids is 1. The third-order valence-electron chi connectivity index (χ3n) is 1.34. The van der Waals surface area contributed by atoms with Crippen LogP contribution in [0.5, 0.6) is 0 Å². The highest BCUT2D eigenvalue weighted by atomic mass is 79.9. The van der Waals surface area contributed by atoms with Crippen LogP contribution in [0.4, 0.5) is 0 Å². The molecule has 1 aliphatic rings. The second-order valence-electron chi connectivity index (χ2n) is 2.26. The van der Waals surface area contributed by atoms with Crippen molar-refractivity contribution >= 4 is 21.9 Å². The van der Waals surface area contributed by atoms with E-state index in [0.717, 1.165) is 19.3 Å². The molecule has 1 atom stereocenters. The van der Waals surface area contributed by atoms with Crippen LogP contribution in [0.25, 0.3) is 0 Å². The van der Waals surface area contributed by atoms with Gasteiger partial charge in [-0.25, -0.2) is 0 Å². The van der Waals surface area contributed by atoms with Crippen molar-refractivity contribution in [2.45, 2.75) is 24.1 Å². The Morgan fingerprint density at radius 3 is 2.67 bits per heavy atom. The molecular weight excluding hydrogens is 184 g/mol. The number of alkyl halides is 1.